The number of aliphatic hydroxyl groups is 2. The van der Waals surface area contributed by atoms with Crippen molar-refractivity contribution < 1.29 is 24.5 Å². The summed E-state index contributed by atoms with van der Waals surface area (Å²) in [5.41, 5.74) is 0. The van der Waals surface area contributed by atoms with Crippen molar-refractivity contribution in [2.24, 2.45) is 0 Å². The Morgan fingerprint density at radius 2 is 0.879 bits per heavy atom. The molecule has 0 bridgehead atoms. The van der Waals surface area contributed by atoms with Gasteiger partial charge < -0.3 is 20.3 Å². The van der Waals surface area contributed by atoms with E-state index in [1.807, 2.05) is 6.08 Å². The molecule has 0 fully saturated rings. The molecule has 0 aromatic rings. The largest absolute Gasteiger partial charge is 0.466 e. The van der Waals surface area contributed by atoms with Crippen molar-refractivity contribution in [2.75, 3.05) is 13.2 Å². The Balaban J connectivity index is 3.56. The fourth-order valence-electron chi connectivity index (χ4n) is 7.51. The van der Waals surface area contributed by atoms with E-state index in [0.717, 1.165) is 51.4 Å². The van der Waals surface area contributed by atoms with E-state index in [-0.39, 0.29) is 18.5 Å². The van der Waals surface area contributed by atoms with E-state index in [1.165, 1.54) is 167 Å². The first-order valence-electron chi connectivity index (χ1n) is 25.2. The van der Waals surface area contributed by atoms with Crippen molar-refractivity contribution in [1.82, 2.24) is 5.32 Å². The minimum Gasteiger partial charge on any atom is -0.466 e. The molecule has 0 aliphatic carbocycles. The number of carbonyl (C=O) groups excluding carboxylic acids is 2. The molecule has 0 aliphatic heterocycles. The Kier molecular flexibility index (Phi) is 46.2. The number of amides is 1. The zero-order chi connectivity index (χ0) is 42.3. The van der Waals surface area contributed by atoms with Gasteiger partial charge in [-0.05, 0) is 70.6 Å². The van der Waals surface area contributed by atoms with Crippen LogP contribution in [0.4, 0.5) is 0 Å². The summed E-state index contributed by atoms with van der Waals surface area (Å²) in [4.78, 5) is 24.4. The highest BCUT2D eigenvalue weighted by atomic mass is 16.5. The molecule has 0 radical (unpaired) electrons. The number of aliphatic hydroxyl groups excluding tert-OH is 2. The number of hydrogen-bond donors (Lipinski definition) is 3. The third-order valence-electron chi connectivity index (χ3n) is 11.4. The predicted octanol–water partition coefficient (Wildman–Crippen LogP) is 14.9. The maximum absolute atomic E-state index is 12.4. The molecule has 0 aromatic carbocycles. The monoisotopic (exact) mass is 816 g/mol. The smallest absolute Gasteiger partial charge is 0.305 e. The number of unbranched alkanes of at least 4 members (excludes halogenated alkanes) is 29. The van der Waals surface area contributed by atoms with Crippen LogP contribution in [-0.2, 0) is 14.3 Å². The van der Waals surface area contributed by atoms with Crippen LogP contribution in [0.5, 0.6) is 0 Å². The molecule has 2 atom stereocenters. The van der Waals surface area contributed by atoms with Crippen LogP contribution in [0.25, 0.3) is 0 Å². The van der Waals surface area contributed by atoms with Crippen molar-refractivity contribution in [3.63, 3.8) is 0 Å². The molecule has 0 saturated heterocycles. The van der Waals surface area contributed by atoms with Gasteiger partial charge in [-0.3, -0.25) is 9.59 Å². The third kappa shape index (κ3) is 43.7. The molecule has 0 spiro atoms. The van der Waals surface area contributed by atoms with Gasteiger partial charge in [0, 0.05) is 12.8 Å². The summed E-state index contributed by atoms with van der Waals surface area (Å²) < 4.78 is 5.44. The Morgan fingerprint density at radius 1 is 0.483 bits per heavy atom. The van der Waals surface area contributed by atoms with Gasteiger partial charge in [0.1, 0.15) is 0 Å². The number of nitrogens with one attached hydrogen (secondary N) is 1. The molecule has 1 amide bonds. The molecular formula is C52H97NO5. The van der Waals surface area contributed by atoms with Crippen LogP contribution in [0.1, 0.15) is 258 Å². The highest BCUT2D eigenvalue weighted by Crippen LogP contribution is 2.15. The lowest BCUT2D eigenvalue weighted by Crippen LogP contribution is -2.45. The van der Waals surface area contributed by atoms with E-state index >= 15 is 0 Å². The average Bonchev–Trinajstić information content (AvgIpc) is 3.22. The molecule has 58 heavy (non-hydrogen) atoms. The lowest BCUT2D eigenvalue weighted by atomic mass is 10.0. The molecule has 0 rings (SSSR count). The summed E-state index contributed by atoms with van der Waals surface area (Å²) in [6.45, 7) is 4.87. The molecule has 6 heteroatoms. The maximum atomic E-state index is 12.4. The SMILES string of the molecule is CCCCCCC/C=C\CCCCCCCC(=O)OCCCCCCCC/C=C\C/C=C\CCC(=O)NC(CO)C(O)CCCCCCCCCCCCCCCC. The lowest BCUT2D eigenvalue weighted by molar-refractivity contribution is -0.143. The highest BCUT2D eigenvalue weighted by molar-refractivity contribution is 5.76. The van der Waals surface area contributed by atoms with E-state index in [2.05, 4.69) is 49.5 Å². The minimum absolute atomic E-state index is 0.0261. The van der Waals surface area contributed by atoms with Gasteiger partial charge in [0.2, 0.25) is 5.91 Å². The average molecular weight is 816 g/mol. The number of hydrogen-bond acceptors (Lipinski definition) is 5. The Morgan fingerprint density at radius 3 is 1.36 bits per heavy atom. The topological polar surface area (TPSA) is 95.9 Å². The number of carbonyl (C=O) groups is 2. The van der Waals surface area contributed by atoms with E-state index in [4.69, 9.17) is 4.74 Å². The third-order valence-corrected chi connectivity index (χ3v) is 11.4. The summed E-state index contributed by atoms with van der Waals surface area (Å²) in [5.74, 6) is -0.143. The summed E-state index contributed by atoms with van der Waals surface area (Å²) in [6.07, 6.45) is 56.9. The van der Waals surface area contributed by atoms with Gasteiger partial charge >= 0.3 is 5.97 Å². The van der Waals surface area contributed by atoms with Gasteiger partial charge in [0.25, 0.3) is 0 Å². The van der Waals surface area contributed by atoms with E-state index in [0.29, 0.717) is 32.3 Å². The summed E-state index contributed by atoms with van der Waals surface area (Å²) in [6, 6.07) is -0.585. The predicted molar refractivity (Wildman–Crippen MR) is 250 cm³/mol. The van der Waals surface area contributed by atoms with Crippen LogP contribution < -0.4 is 5.32 Å². The zero-order valence-corrected chi connectivity index (χ0v) is 38.5. The summed E-state index contributed by atoms with van der Waals surface area (Å²) in [5, 5.41) is 23.1. The number of esters is 1. The first kappa shape index (κ1) is 56.1. The van der Waals surface area contributed by atoms with E-state index in [9.17, 15) is 19.8 Å². The molecule has 0 saturated carbocycles. The van der Waals surface area contributed by atoms with Gasteiger partial charge in [-0.2, -0.15) is 0 Å². The Hall–Kier alpha value is -1.92. The molecule has 0 heterocycles. The highest BCUT2D eigenvalue weighted by Gasteiger charge is 2.19. The summed E-state index contributed by atoms with van der Waals surface area (Å²) >= 11 is 0. The minimum atomic E-state index is -0.699. The van der Waals surface area contributed by atoms with Crippen LogP contribution in [-0.4, -0.2) is 47.4 Å². The quantitative estimate of drug-likeness (QED) is 0.0323. The van der Waals surface area contributed by atoms with Gasteiger partial charge in [0.15, 0.2) is 0 Å². The van der Waals surface area contributed by atoms with Gasteiger partial charge in [-0.25, -0.2) is 0 Å². The number of ether oxygens (including phenoxy) is 1. The van der Waals surface area contributed by atoms with E-state index in [1.54, 1.807) is 0 Å². The maximum Gasteiger partial charge on any atom is 0.305 e. The number of rotatable bonds is 46. The standard InChI is InChI=1S/C52H97NO5/c1-3-5-7-9-11-13-15-17-20-24-28-32-36-40-44-50(55)49(48-54)53-51(56)45-41-37-33-29-25-21-19-23-27-31-35-39-43-47-58-52(57)46-42-38-34-30-26-22-18-16-14-12-10-8-6-4-2/h16,18,21,25,33,37,49-50,54-55H,3-15,17,19-20,22-24,26-32,34-36,38-48H2,1-2H3,(H,53,56)/b18-16-,25-21-,37-33-. The van der Waals surface area contributed by atoms with Crippen LogP contribution in [0.15, 0.2) is 36.5 Å². The van der Waals surface area contributed by atoms with E-state index < -0.39 is 12.1 Å². The second-order valence-electron chi connectivity index (χ2n) is 17.1. The number of allylic oxidation sites excluding steroid dienone is 6. The van der Waals surface area contributed by atoms with Crippen LogP contribution in [0.3, 0.4) is 0 Å². The zero-order valence-electron chi connectivity index (χ0n) is 38.5. The van der Waals surface area contributed by atoms with Crippen LogP contribution >= 0.6 is 0 Å². The fraction of sp³-hybridized carbons (Fsp3) is 0.846. The van der Waals surface area contributed by atoms with Gasteiger partial charge in [-0.1, -0.05) is 211 Å². The van der Waals surface area contributed by atoms with Gasteiger partial charge in [-0.15, -0.1) is 0 Å². The molecule has 0 aliphatic rings. The second kappa shape index (κ2) is 47.8. The van der Waals surface area contributed by atoms with Crippen LogP contribution in [0.2, 0.25) is 0 Å². The van der Waals surface area contributed by atoms with Crippen molar-refractivity contribution >= 4 is 11.9 Å². The first-order chi connectivity index (χ1) is 28.5. The lowest BCUT2D eigenvalue weighted by Gasteiger charge is -2.22. The molecule has 340 valence electrons. The van der Waals surface area contributed by atoms with Crippen LogP contribution in [0, 0.1) is 0 Å². The van der Waals surface area contributed by atoms with Crippen molar-refractivity contribution in [1.29, 1.82) is 0 Å². The summed E-state index contributed by atoms with van der Waals surface area (Å²) in [7, 11) is 0. The van der Waals surface area contributed by atoms with Crippen molar-refractivity contribution in [2.45, 2.75) is 270 Å². The fourth-order valence-corrected chi connectivity index (χ4v) is 7.51. The first-order valence-corrected chi connectivity index (χ1v) is 25.2. The molecule has 6 nitrogen and oxygen atoms in total. The van der Waals surface area contributed by atoms with Gasteiger partial charge in [0.05, 0.1) is 25.4 Å². The van der Waals surface area contributed by atoms with Crippen molar-refractivity contribution in [3.8, 4) is 0 Å². The Labute approximate surface area is 360 Å². The second-order valence-corrected chi connectivity index (χ2v) is 17.1. The molecule has 2 unspecified atom stereocenters. The van der Waals surface area contributed by atoms with Crippen molar-refractivity contribution in [3.05, 3.63) is 36.5 Å². The molecule has 0 aromatic heterocycles. The Bertz CT molecular complexity index is 946. The normalized spacial score (nSPS) is 13.0. The molecule has 3 N–H and O–H groups in total. The molecular weight excluding hydrogens is 719 g/mol.